The summed E-state index contributed by atoms with van der Waals surface area (Å²) in [4.78, 5) is 16.4. The van der Waals surface area contributed by atoms with Gasteiger partial charge in [-0.25, -0.2) is 0 Å². The molecular weight excluding hydrogens is 802 g/mol. The van der Waals surface area contributed by atoms with Gasteiger partial charge in [0.25, 0.3) is 0 Å². The zero-order valence-electron chi connectivity index (χ0n) is 31.9. The fourth-order valence-corrected chi connectivity index (χ4v) is 6.74. The molecule has 0 saturated carbocycles. The van der Waals surface area contributed by atoms with Crippen LogP contribution in [-0.4, -0.2) is 15.9 Å². The van der Waals surface area contributed by atoms with Gasteiger partial charge in [-0.1, -0.05) is 91.6 Å². The molecule has 3 aromatic carbocycles. The Labute approximate surface area is 313 Å². The quantitative estimate of drug-likeness (QED) is 0.0816. The molecule has 273 valence electrons. The number of hydrogen-bond donors (Lipinski definition) is 1. The maximum absolute atomic E-state index is 15.5. The van der Waals surface area contributed by atoms with Gasteiger partial charge in [-0.3, -0.25) is 9.18 Å². The second kappa shape index (κ2) is 18.8. The second-order valence-electron chi connectivity index (χ2n) is 13.9. The predicted molar refractivity (Wildman–Crippen MR) is 206 cm³/mol. The Bertz CT molecular complexity index is 1930. The molecule has 4 nitrogen and oxygen atoms in total. The molecule has 0 spiro atoms. The van der Waals surface area contributed by atoms with Crippen molar-refractivity contribution in [3.63, 3.8) is 0 Å². The zero-order valence-corrected chi connectivity index (χ0v) is 34.3. The maximum atomic E-state index is 15.5. The van der Waals surface area contributed by atoms with Gasteiger partial charge in [0.2, 0.25) is 0 Å². The number of ketones is 1. The van der Waals surface area contributed by atoms with Gasteiger partial charge in [0.15, 0.2) is 5.78 Å². The number of aromatic nitrogens is 1. The van der Waals surface area contributed by atoms with Crippen LogP contribution < -0.4 is 0 Å². The average Bonchev–Trinajstić information content (AvgIpc) is 3.41. The van der Waals surface area contributed by atoms with Crippen LogP contribution in [0.2, 0.25) is 0 Å². The van der Waals surface area contributed by atoms with Gasteiger partial charge in [0, 0.05) is 49.6 Å². The van der Waals surface area contributed by atoms with Gasteiger partial charge in [0.1, 0.15) is 5.58 Å². The number of halogens is 1. The number of carbonyl (C=O) groups excluding carboxylic acids is 1. The first-order valence-corrected chi connectivity index (χ1v) is 17.7. The van der Waals surface area contributed by atoms with Crippen LogP contribution in [0.4, 0.5) is 4.39 Å². The molecule has 0 aliphatic heterocycles. The smallest absolute Gasteiger partial charge is 0.162 e. The minimum atomic E-state index is -0.273. The number of fused-ring (bicyclic) bond motifs is 4. The van der Waals surface area contributed by atoms with Crippen LogP contribution >= 0.6 is 0 Å². The molecule has 0 saturated heterocycles. The van der Waals surface area contributed by atoms with E-state index in [9.17, 15) is 9.90 Å². The molecule has 1 radical (unpaired) electrons. The second-order valence-corrected chi connectivity index (χ2v) is 13.9. The van der Waals surface area contributed by atoms with E-state index in [1.54, 1.807) is 6.92 Å². The molecule has 2 heterocycles. The fourth-order valence-electron chi connectivity index (χ4n) is 6.74. The Morgan fingerprint density at radius 1 is 0.940 bits per heavy atom. The van der Waals surface area contributed by atoms with Crippen molar-refractivity contribution in [3.05, 3.63) is 96.0 Å². The molecule has 0 unspecified atom stereocenters. The number of nitrogens with zero attached hydrogens (tertiary/aromatic N) is 1. The van der Waals surface area contributed by atoms with Gasteiger partial charge in [0.05, 0.1) is 17.2 Å². The SMILES string of the molecule is CCC(CC)C(=O)/C=C(\O)C(CC)CC.Cc1[c-]c(-c2nccc3cc(CC(C)C)ccc23)c2oc3cc(C)c(C(C)C)cc3c2c1F.[CH3-].[Ir]. The number of furan rings is 1. The summed E-state index contributed by atoms with van der Waals surface area (Å²) in [6.07, 6.45) is 7.75. The van der Waals surface area contributed by atoms with E-state index in [1.165, 1.54) is 17.2 Å². The van der Waals surface area contributed by atoms with Crippen molar-refractivity contribution in [2.45, 2.75) is 107 Å². The minimum absolute atomic E-state index is 0. The molecule has 0 aliphatic carbocycles. The van der Waals surface area contributed by atoms with E-state index in [1.807, 2.05) is 46.0 Å². The van der Waals surface area contributed by atoms with E-state index in [0.29, 0.717) is 39.5 Å². The summed E-state index contributed by atoms with van der Waals surface area (Å²) in [6, 6.07) is 15.9. The van der Waals surface area contributed by atoms with Gasteiger partial charge >= 0.3 is 0 Å². The molecular formula is C44H56FIrNO3-2. The van der Waals surface area contributed by atoms with Crippen molar-refractivity contribution in [1.29, 1.82) is 0 Å². The maximum Gasteiger partial charge on any atom is 0.162 e. The van der Waals surface area contributed by atoms with Crippen molar-refractivity contribution >= 4 is 38.5 Å². The molecule has 0 bridgehead atoms. The Hall–Kier alpha value is -3.34. The number of aliphatic hydroxyl groups excluding tert-OH is 1. The Morgan fingerprint density at radius 2 is 1.58 bits per heavy atom. The van der Waals surface area contributed by atoms with Gasteiger partial charge < -0.3 is 21.9 Å². The molecule has 0 aliphatic rings. The molecule has 5 aromatic rings. The van der Waals surface area contributed by atoms with Crippen LogP contribution in [0.5, 0.6) is 0 Å². The fraction of sp³-hybridized carbons (Fsp3) is 0.432. The number of rotatable bonds is 11. The largest absolute Gasteiger partial charge is 0.512 e. The van der Waals surface area contributed by atoms with E-state index >= 15 is 4.39 Å². The van der Waals surface area contributed by atoms with Gasteiger partial charge in [-0.15, -0.1) is 6.07 Å². The van der Waals surface area contributed by atoms with Crippen LogP contribution in [0.1, 0.15) is 109 Å². The van der Waals surface area contributed by atoms with Crippen molar-refractivity contribution in [2.24, 2.45) is 17.8 Å². The molecule has 0 fully saturated rings. The van der Waals surface area contributed by atoms with Gasteiger partial charge in [-0.05, 0) is 108 Å². The van der Waals surface area contributed by atoms with Crippen molar-refractivity contribution in [3.8, 4) is 11.3 Å². The number of allylic oxidation sites excluding steroid dienone is 2. The predicted octanol–water partition coefficient (Wildman–Crippen LogP) is 13.0. The number of aryl methyl sites for hydroxylation is 2. The Balaban J connectivity index is 0.000000438. The summed E-state index contributed by atoms with van der Waals surface area (Å²) in [7, 11) is 0. The molecule has 0 atom stereocenters. The minimum Gasteiger partial charge on any atom is -0.512 e. The van der Waals surface area contributed by atoms with Gasteiger partial charge in [-0.2, -0.15) is 0 Å². The molecule has 6 heteroatoms. The summed E-state index contributed by atoms with van der Waals surface area (Å²) in [5.41, 5.74) is 6.84. The average molecular weight is 858 g/mol. The summed E-state index contributed by atoms with van der Waals surface area (Å²) < 4.78 is 21.8. The van der Waals surface area contributed by atoms with E-state index in [-0.39, 0.29) is 56.7 Å². The van der Waals surface area contributed by atoms with E-state index in [4.69, 9.17) is 9.40 Å². The number of pyridine rings is 1. The molecule has 2 aromatic heterocycles. The first-order valence-electron chi connectivity index (χ1n) is 17.7. The van der Waals surface area contributed by atoms with Crippen LogP contribution in [0.15, 0.2) is 58.8 Å². The first-order chi connectivity index (χ1) is 22.8. The third kappa shape index (κ3) is 9.30. The first kappa shape index (κ1) is 42.8. The number of benzene rings is 3. The van der Waals surface area contributed by atoms with E-state index in [2.05, 4.69) is 65.0 Å². The monoisotopic (exact) mass is 858 g/mol. The van der Waals surface area contributed by atoms with Crippen molar-refractivity contribution in [1.82, 2.24) is 4.98 Å². The van der Waals surface area contributed by atoms with Crippen LogP contribution in [-0.2, 0) is 31.3 Å². The summed E-state index contributed by atoms with van der Waals surface area (Å²) in [5, 5.41) is 13.2. The van der Waals surface area contributed by atoms with Crippen LogP contribution in [0, 0.1) is 50.9 Å². The number of carbonyl (C=O) groups is 1. The summed E-state index contributed by atoms with van der Waals surface area (Å²) in [5.74, 6) is 1.21. The van der Waals surface area contributed by atoms with E-state index in [0.717, 1.165) is 59.5 Å². The Kier molecular flexibility index (Phi) is 16.1. The number of aliphatic hydroxyl groups is 1. The third-order valence-corrected chi connectivity index (χ3v) is 9.58. The molecule has 1 N–H and O–H groups in total. The van der Waals surface area contributed by atoms with Crippen molar-refractivity contribution < 1.29 is 38.8 Å². The van der Waals surface area contributed by atoms with E-state index < -0.39 is 0 Å². The summed E-state index contributed by atoms with van der Waals surface area (Å²) >= 11 is 0. The van der Waals surface area contributed by atoms with Crippen LogP contribution in [0.3, 0.4) is 0 Å². The summed E-state index contributed by atoms with van der Waals surface area (Å²) in [6.45, 7) is 20.7. The molecule has 5 rings (SSSR count). The topological polar surface area (TPSA) is 63.3 Å². The standard InChI is InChI=1S/C30H29FNO.C13H24O2.CH3.Ir/c1-16(2)11-20-7-8-22-21(14-20)9-10-32-29(22)25-12-19(6)28(31)27-24-15-23(17(3)4)18(5)13-26(24)33-30(25)27;1-5-10(6-2)12(14)9-13(15)11(7-3)8-4;;/h7-10,13-17H,11H2,1-6H3;9-11,14H,5-8H2,1-4H3;1H3;/q-1;;-1;/b;12-9-;;. The number of hydrogen-bond acceptors (Lipinski definition) is 4. The van der Waals surface area contributed by atoms with Crippen molar-refractivity contribution in [2.75, 3.05) is 0 Å². The third-order valence-electron chi connectivity index (χ3n) is 9.58. The van der Waals surface area contributed by atoms with Crippen LogP contribution in [0.25, 0.3) is 44.0 Å². The normalized spacial score (nSPS) is 11.8. The molecule has 50 heavy (non-hydrogen) atoms. The zero-order chi connectivity index (χ0) is 35.3. The Morgan fingerprint density at radius 3 is 2.16 bits per heavy atom. The molecule has 0 amide bonds.